The standard InChI is InChI=1S/C15H21N/c1-4-12-16-15(13(2)3)11-10-14-8-6-5-7-9-14/h1,5-9,13,15-16H,10-12H2,2-3H3. The number of nitrogens with one attached hydrogen (secondary N) is 1. The van der Waals surface area contributed by atoms with Crippen molar-refractivity contribution >= 4 is 0 Å². The Bertz CT molecular complexity index is 321. The summed E-state index contributed by atoms with van der Waals surface area (Å²) >= 11 is 0. The summed E-state index contributed by atoms with van der Waals surface area (Å²) in [5, 5.41) is 3.40. The van der Waals surface area contributed by atoms with E-state index in [9.17, 15) is 0 Å². The fourth-order valence-electron chi connectivity index (χ4n) is 1.83. The van der Waals surface area contributed by atoms with Gasteiger partial charge in [-0.15, -0.1) is 6.42 Å². The zero-order valence-electron chi connectivity index (χ0n) is 10.2. The number of rotatable bonds is 6. The lowest BCUT2D eigenvalue weighted by molar-refractivity contribution is 0.393. The molecule has 0 bridgehead atoms. The molecule has 0 saturated heterocycles. The first-order valence-corrected chi connectivity index (χ1v) is 5.94. The van der Waals surface area contributed by atoms with Crippen LogP contribution in [-0.4, -0.2) is 12.6 Å². The Morgan fingerprint density at radius 1 is 1.25 bits per heavy atom. The topological polar surface area (TPSA) is 12.0 Å². The summed E-state index contributed by atoms with van der Waals surface area (Å²) in [5.41, 5.74) is 1.40. The van der Waals surface area contributed by atoms with Crippen LogP contribution >= 0.6 is 0 Å². The quantitative estimate of drug-likeness (QED) is 0.720. The van der Waals surface area contributed by atoms with E-state index in [1.807, 2.05) is 0 Å². The first-order chi connectivity index (χ1) is 7.74. The van der Waals surface area contributed by atoms with Gasteiger partial charge in [-0.25, -0.2) is 0 Å². The summed E-state index contributed by atoms with van der Waals surface area (Å²) in [6.07, 6.45) is 7.53. The van der Waals surface area contributed by atoms with Gasteiger partial charge in [0.05, 0.1) is 6.54 Å². The Morgan fingerprint density at radius 3 is 2.50 bits per heavy atom. The summed E-state index contributed by atoms with van der Waals surface area (Å²) in [7, 11) is 0. The summed E-state index contributed by atoms with van der Waals surface area (Å²) in [6.45, 7) is 5.13. The molecule has 1 nitrogen and oxygen atoms in total. The molecule has 0 amide bonds. The van der Waals surface area contributed by atoms with Gasteiger partial charge in [0.25, 0.3) is 0 Å². The molecule has 1 aromatic carbocycles. The molecular formula is C15H21N. The van der Waals surface area contributed by atoms with Crippen molar-refractivity contribution in [2.45, 2.75) is 32.7 Å². The predicted octanol–water partition coefficient (Wildman–Crippen LogP) is 2.87. The molecule has 0 heterocycles. The van der Waals surface area contributed by atoms with Crippen LogP contribution in [0.4, 0.5) is 0 Å². The van der Waals surface area contributed by atoms with E-state index in [2.05, 4.69) is 55.4 Å². The van der Waals surface area contributed by atoms with E-state index in [1.54, 1.807) is 0 Å². The van der Waals surface area contributed by atoms with Crippen molar-refractivity contribution in [2.24, 2.45) is 5.92 Å². The van der Waals surface area contributed by atoms with Gasteiger partial charge in [0.1, 0.15) is 0 Å². The highest BCUT2D eigenvalue weighted by molar-refractivity contribution is 5.14. The third-order valence-corrected chi connectivity index (χ3v) is 2.86. The fraction of sp³-hybridized carbons (Fsp3) is 0.467. The van der Waals surface area contributed by atoms with Crippen molar-refractivity contribution in [3.63, 3.8) is 0 Å². The molecule has 0 radical (unpaired) electrons. The summed E-state index contributed by atoms with van der Waals surface area (Å²) < 4.78 is 0. The molecule has 0 aliphatic carbocycles. The number of aryl methyl sites for hydroxylation is 1. The number of terminal acetylenes is 1. The average molecular weight is 215 g/mol. The van der Waals surface area contributed by atoms with Crippen molar-refractivity contribution in [2.75, 3.05) is 6.54 Å². The van der Waals surface area contributed by atoms with E-state index in [0.29, 0.717) is 18.5 Å². The van der Waals surface area contributed by atoms with Crippen LogP contribution in [0.15, 0.2) is 30.3 Å². The van der Waals surface area contributed by atoms with Crippen LogP contribution < -0.4 is 5.32 Å². The van der Waals surface area contributed by atoms with Gasteiger partial charge in [0.2, 0.25) is 0 Å². The highest BCUT2D eigenvalue weighted by atomic mass is 14.9. The van der Waals surface area contributed by atoms with E-state index in [1.165, 1.54) is 5.56 Å². The largest absolute Gasteiger partial charge is 0.303 e. The minimum atomic E-state index is 0.510. The first-order valence-electron chi connectivity index (χ1n) is 5.94. The Balaban J connectivity index is 2.41. The Morgan fingerprint density at radius 2 is 1.94 bits per heavy atom. The SMILES string of the molecule is C#CCNC(CCc1ccccc1)C(C)C. The second-order valence-corrected chi connectivity index (χ2v) is 4.46. The maximum absolute atomic E-state index is 5.27. The molecule has 1 aromatic rings. The average Bonchev–Trinajstić information content (AvgIpc) is 2.30. The van der Waals surface area contributed by atoms with Crippen LogP contribution in [0.25, 0.3) is 0 Å². The number of hydrogen-bond donors (Lipinski definition) is 1. The van der Waals surface area contributed by atoms with Crippen LogP contribution in [0.5, 0.6) is 0 Å². The molecule has 0 saturated carbocycles. The summed E-state index contributed by atoms with van der Waals surface area (Å²) in [4.78, 5) is 0. The van der Waals surface area contributed by atoms with Crippen LogP contribution in [0.2, 0.25) is 0 Å². The third kappa shape index (κ3) is 4.51. The Hall–Kier alpha value is -1.26. The molecular weight excluding hydrogens is 194 g/mol. The monoisotopic (exact) mass is 215 g/mol. The van der Waals surface area contributed by atoms with Gasteiger partial charge >= 0.3 is 0 Å². The zero-order valence-corrected chi connectivity index (χ0v) is 10.2. The molecule has 0 spiro atoms. The van der Waals surface area contributed by atoms with Crippen molar-refractivity contribution in [3.8, 4) is 12.3 Å². The molecule has 86 valence electrons. The summed E-state index contributed by atoms with van der Waals surface area (Å²) in [5.74, 6) is 3.26. The molecule has 0 fully saturated rings. The predicted molar refractivity (Wildman–Crippen MR) is 70.2 cm³/mol. The van der Waals surface area contributed by atoms with Gasteiger partial charge in [-0.3, -0.25) is 0 Å². The first kappa shape index (κ1) is 12.8. The maximum atomic E-state index is 5.27. The minimum Gasteiger partial charge on any atom is -0.303 e. The highest BCUT2D eigenvalue weighted by Crippen LogP contribution is 2.10. The van der Waals surface area contributed by atoms with Gasteiger partial charge in [-0.05, 0) is 24.3 Å². The molecule has 1 heteroatoms. The summed E-state index contributed by atoms with van der Waals surface area (Å²) in [6, 6.07) is 11.1. The second-order valence-electron chi connectivity index (χ2n) is 4.46. The van der Waals surface area contributed by atoms with E-state index in [4.69, 9.17) is 6.42 Å². The number of hydrogen-bond acceptors (Lipinski definition) is 1. The van der Waals surface area contributed by atoms with Crippen LogP contribution in [0.1, 0.15) is 25.8 Å². The Kier molecular flexibility index (Phi) is 5.67. The normalized spacial score (nSPS) is 12.4. The Labute approximate surface area is 99.3 Å². The molecule has 0 aliphatic rings. The van der Waals surface area contributed by atoms with E-state index >= 15 is 0 Å². The third-order valence-electron chi connectivity index (χ3n) is 2.86. The molecule has 0 aromatic heterocycles. The number of benzene rings is 1. The van der Waals surface area contributed by atoms with Gasteiger partial charge < -0.3 is 5.32 Å². The van der Waals surface area contributed by atoms with Crippen molar-refractivity contribution in [3.05, 3.63) is 35.9 Å². The van der Waals surface area contributed by atoms with Crippen LogP contribution in [0.3, 0.4) is 0 Å². The molecule has 0 aliphatic heterocycles. The molecule has 1 unspecified atom stereocenters. The lowest BCUT2D eigenvalue weighted by Gasteiger charge is -2.21. The van der Waals surface area contributed by atoms with Crippen molar-refractivity contribution in [1.29, 1.82) is 0 Å². The minimum absolute atomic E-state index is 0.510. The highest BCUT2D eigenvalue weighted by Gasteiger charge is 2.11. The van der Waals surface area contributed by atoms with Gasteiger partial charge in [-0.2, -0.15) is 0 Å². The fourth-order valence-corrected chi connectivity index (χ4v) is 1.83. The maximum Gasteiger partial charge on any atom is 0.0576 e. The smallest absolute Gasteiger partial charge is 0.0576 e. The lowest BCUT2D eigenvalue weighted by atomic mass is 9.96. The second kappa shape index (κ2) is 7.09. The van der Waals surface area contributed by atoms with Crippen LogP contribution in [-0.2, 0) is 6.42 Å². The van der Waals surface area contributed by atoms with Gasteiger partial charge in [0.15, 0.2) is 0 Å². The zero-order chi connectivity index (χ0) is 11.8. The van der Waals surface area contributed by atoms with E-state index < -0.39 is 0 Å². The van der Waals surface area contributed by atoms with E-state index in [-0.39, 0.29) is 0 Å². The molecule has 1 rings (SSSR count). The van der Waals surface area contributed by atoms with Gasteiger partial charge in [-0.1, -0.05) is 50.1 Å². The lowest BCUT2D eigenvalue weighted by Crippen LogP contribution is -2.34. The molecule has 16 heavy (non-hydrogen) atoms. The van der Waals surface area contributed by atoms with Crippen molar-refractivity contribution < 1.29 is 0 Å². The molecule has 1 atom stereocenters. The van der Waals surface area contributed by atoms with Gasteiger partial charge in [0, 0.05) is 6.04 Å². The van der Waals surface area contributed by atoms with E-state index in [0.717, 1.165) is 12.8 Å². The van der Waals surface area contributed by atoms with Crippen LogP contribution in [0, 0.1) is 18.3 Å². The van der Waals surface area contributed by atoms with Crippen molar-refractivity contribution in [1.82, 2.24) is 5.32 Å². The molecule has 1 N–H and O–H groups in total.